The largest absolute Gasteiger partial charge is 0.527 e. The van der Waals surface area contributed by atoms with Crippen molar-refractivity contribution in [2.24, 2.45) is 11.8 Å². The maximum atomic E-state index is 14.5. The fraction of sp³-hybridized carbons (Fsp3) is 0.556. The summed E-state index contributed by atoms with van der Waals surface area (Å²) < 4.78 is 84.1. The molecule has 1 unspecified atom stereocenters. The van der Waals surface area contributed by atoms with Gasteiger partial charge in [0.25, 0.3) is 0 Å². The highest BCUT2D eigenvalue weighted by Gasteiger charge is 2.60. The highest BCUT2D eigenvalue weighted by Crippen LogP contribution is 2.58. The lowest BCUT2D eigenvalue weighted by molar-refractivity contribution is -0.174. The van der Waals surface area contributed by atoms with Gasteiger partial charge in [0.15, 0.2) is 0 Å². The number of esters is 1. The first-order valence-electron chi connectivity index (χ1n) is 21.2. The van der Waals surface area contributed by atoms with Gasteiger partial charge >= 0.3 is 32.0 Å². The molecule has 6 rings (SSSR count). The third-order valence-corrected chi connectivity index (χ3v) is 13.6. The van der Waals surface area contributed by atoms with Gasteiger partial charge in [0, 0.05) is 34.7 Å². The maximum absolute atomic E-state index is 14.5. The zero-order valence-corrected chi connectivity index (χ0v) is 38.0. The highest BCUT2D eigenvalue weighted by molar-refractivity contribution is 7.47. The predicted molar refractivity (Wildman–Crippen MR) is 229 cm³/mol. The summed E-state index contributed by atoms with van der Waals surface area (Å²) in [7, 11) is -3.66. The molecule has 0 saturated heterocycles. The van der Waals surface area contributed by atoms with Crippen molar-refractivity contribution in [3.63, 3.8) is 0 Å². The van der Waals surface area contributed by atoms with Crippen LogP contribution in [-0.4, -0.2) is 72.0 Å². The minimum atomic E-state index is -5.35. The number of pyridine rings is 1. The van der Waals surface area contributed by atoms with E-state index in [1.54, 1.807) is 45.2 Å². The van der Waals surface area contributed by atoms with Crippen molar-refractivity contribution in [1.29, 1.82) is 0 Å². The average molecular weight is 922 g/mol. The van der Waals surface area contributed by atoms with Crippen molar-refractivity contribution in [2.45, 2.75) is 121 Å². The maximum Gasteiger partial charge on any atom is 0.527 e. The van der Waals surface area contributed by atoms with Gasteiger partial charge in [0.1, 0.15) is 22.6 Å². The van der Waals surface area contributed by atoms with Crippen LogP contribution in [0.4, 0.5) is 23.7 Å². The van der Waals surface area contributed by atoms with E-state index in [0.29, 0.717) is 30.3 Å². The summed E-state index contributed by atoms with van der Waals surface area (Å²) in [5, 5.41) is 2.51. The van der Waals surface area contributed by atoms with Gasteiger partial charge in [-0.1, -0.05) is 37.6 Å². The Hall–Kier alpha value is -4.37. The second-order valence-corrected chi connectivity index (χ2v) is 19.8. The van der Waals surface area contributed by atoms with Gasteiger partial charge in [0.05, 0.1) is 20.3 Å². The molecule has 2 amide bonds. The summed E-state index contributed by atoms with van der Waals surface area (Å²) in [4.78, 5) is 55.2. The van der Waals surface area contributed by atoms with E-state index in [4.69, 9.17) is 34.9 Å². The number of fused-ring (bicyclic) bond motifs is 3. The number of rotatable bonds is 14. The number of carbonyl (C=O) groups is 3. The molecule has 63 heavy (non-hydrogen) atoms. The van der Waals surface area contributed by atoms with E-state index in [0.717, 1.165) is 54.5 Å². The Labute approximate surface area is 370 Å². The van der Waals surface area contributed by atoms with Crippen LogP contribution in [0.25, 0.3) is 0 Å². The SMILES string of the molecule is COC(=O)C1(N(C(=O)C(F)(F)F)c2cccc(Cl)c2)CCC2(CC1)c1cc(OP(=O)(O)OCCNC(=O)OC(C)(C)C)ccc1C[C@@H]2C[C@@H](C)COc1ccnc2c1[C@H](C)CCC2. The van der Waals surface area contributed by atoms with Crippen LogP contribution in [0.3, 0.4) is 0 Å². The van der Waals surface area contributed by atoms with Gasteiger partial charge in [0.2, 0.25) is 0 Å². The molecule has 1 heterocycles. The van der Waals surface area contributed by atoms with Crippen molar-refractivity contribution in [1.82, 2.24) is 10.3 Å². The van der Waals surface area contributed by atoms with Crippen molar-refractivity contribution >= 4 is 43.1 Å². The molecule has 3 aliphatic rings. The first kappa shape index (κ1) is 48.1. The fourth-order valence-electron chi connectivity index (χ4n) is 9.68. The lowest BCUT2D eigenvalue weighted by Crippen LogP contribution is -2.63. The molecule has 1 spiro atoms. The van der Waals surface area contributed by atoms with Crippen molar-refractivity contribution in [3.05, 3.63) is 82.1 Å². The number of ether oxygens (including phenoxy) is 3. The van der Waals surface area contributed by atoms with Gasteiger partial charge in [-0.25, -0.2) is 14.2 Å². The number of carbonyl (C=O) groups excluding carboxylic acids is 3. The van der Waals surface area contributed by atoms with E-state index in [-0.39, 0.29) is 67.1 Å². The van der Waals surface area contributed by atoms with Gasteiger partial charge in [-0.3, -0.25) is 24.1 Å². The van der Waals surface area contributed by atoms with Crippen LogP contribution in [0, 0.1) is 11.8 Å². The number of alkyl carbamates (subject to hydrolysis) is 1. The average Bonchev–Trinajstić information content (AvgIpc) is 3.49. The lowest BCUT2D eigenvalue weighted by Gasteiger charge is -2.51. The van der Waals surface area contributed by atoms with E-state index in [2.05, 4.69) is 24.1 Å². The second-order valence-electron chi connectivity index (χ2n) is 18.0. The van der Waals surface area contributed by atoms with E-state index in [1.807, 2.05) is 6.07 Å². The molecule has 344 valence electrons. The fourth-order valence-corrected chi connectivity index (χ4v) is 10.6. The number of benzene rings is 2. The van der Waals surface area contributed by atoms with Crippen LogP contribution in [0.1, 0.15) is 108 Å². The third-order valence-electron chi connectivity index (χ3n) is 12.4. The number of phosphoric ester groups is 1. The molecule has 1 aromatic heterocycles. The Morgan fingerprint density at radius 3 is 2.48 bits per heavy atom. The summed E-state index contributed by atoms with van der Waals surface area (Å²) in [5.41, 5.74) is 0.0166. The molecule has 0 radical (unpaired) electrons. The highest BCUT2D eigenvalue weighted by atomic mass is 35.5. The molecule has 0 aliphatic heterocycles. The number of aromatic nitrogens is 1. The Morgan fingerprint density at radius 1 is 1.08 bits per heavy atom. The van der Waals surface area contributed by atoms with E-state index in [9.17, 15) is 37.0 Å². The van der Waals surface area contributed by atoms with Crippen LogP contribution in [0.5, 0.6) is 11.5 Å². The molecular formula is C45H56ClF3N3O10P. The number of hydrogen-bond donors (Lipinski definition) is 2. The van der Waals surface area contributed by atoms with Crippen LogP contribution in [0.15, 0.2) is 54.7 Å². The molecule has 13 nitrogen and oxygen atoms in total. The van der Waals surface area contributed by atoms with Crippen LogP contribution in [0.2, 0.25) is 5.02 Å². The standard InChI is InChI=1S/C45H56ClF3N3O10P/c1-28(27-59-37-15-20-50-36-12-7-9-29(2)38(36)37)23-31-24-30-13-14-34(62-63(56,57)60-22-21-51-41(55)61-42(3,4)5)26-35(30)43(31)16-18-44(19-17-43,40(54)58-6)52(39(53)45(47,48)49)33-11-8-10-32(46)25-33/h8,10-11,13-15,20,25-26,28-29,31H,7,9,12,16-19,21-24,27H2,1-6H3,(H,51,55)(H,56,57)/t28-,29-,31+,43?,44?/m1/s1. The number of nitrogens with zero attached hydrogens (tertiary/aromatic N) is 2. The van der Waals surface area contributed by atoms with E-state index in [1.165, 1.54) is 24.3 Å². The van der Waals surface area contributed by atoms with Crippen molar-refractivity contribution < 1.29 is 60.3 Å². The van der Waals surface area contributed by atoms with Gasteiger partial charge in [-0.15, -0.1) is 0 Å². The van der Waals surface area contributed by atoms with Crippen LogP contribution >= 0.6 is 19.4 Å². The number of phosphoric acid groups is 1. The number of aryl methyl sites for hydroxylation is 1. The molecule has 2 N–H and O–H groups in total. The number of halogens is 4. The molecule has 2 aromatic carbocycles. The summed E-state index contributed by atoms with van der Waals surface area (Å²) in [6.45, 7) is 9.19. The molecule has 18 heteroatoms. The second kappa shape index (κ2) is 19.0. The first-order chi connectivity index (χ1) is 29.6. The molecule has 3 aliphatic carbocycles. The van der Waals surface area contributed by atoms with Gasteiger partial charge in [-0.05, 0) is 149 Å². The third kappa shape index (κ3) is 10.9. The Balaban J connectivity index is 1.30. The normalized spacial score (nSPS) is 23.4. The Bertz CT molecular complexity index is 2210. The zero-order valence-electron chi connectivity index (χ0n) is 36.4. The predicted octanol–water partition coefficient (Wildman–Crippen LogP) is 9.79. The molecule has 1 saturated carbocycles. The Kier molecular flexibility index (Phi) is 14.5. The summed E-state index contributed by atoms with van der Waals surface area (Å²) in [5.74, 6) is -2.26. The van der Waals surface area contributed by atoms with E-state index < -0.39 is 48.5 Å². The molecule has 0 bridgehead atoms. The smallest absolute Gasteiger partial charge is 0.493 e. The van der Waals surface area contributed by atoms with Crippen molar-refractivity contribution in [2.75, 3.05) is 31.8 Å². The summed E-state index contributed by atoms with van der Waals surface area (Å²) in [6, 6.07) is 12.2. The van der Waals surface area contributed by atoms with Gasteiger partial charge < -0.3 is 24.1 Å². The quantitative estimate of drug-likeness (QED) is 0.0899. The number of methoxy groups -OCH3 is 1. The van der Waals surface area contributed by atoms with Gasteiger partial charge in [-0.2, -0.15) is 13.2 Å². The van der Waals surface area contributed by atoms with Crippen LogP contribution < -0.4 is 19.5 Å². The zero-order chi connectivity index (χ0) is 46.0. The number of anilines is 1. The molecule has 3 aromatic rings. The lowest BCUT2D eigenvalue weighted by atomic mass is 9.59. The number of amides is 2. The topological polar surface area (TPSA) is 163 Å². The van der Waals surface area contributed by atoms with Crippen molar-refractivity contribution in [3.8, 4) is 11.5 Å². The van der Waals surface area contributed by atoms with E-state index >= 15 is 0 Å². The first-order valence-corrected chi connectivity index (χ1v) is 23.1. The minimum absolute atomic E-state index is 0.00489. The molecule has 4 atom stereocenters. The number of nitrogens with one attached hydrogen (secondary N) is 1. The summed E-state index contributed by atoms with van der Waals surface area (Å²) >= 11 is 6.24. The Morgan fingerprint density at radius 2 is 1.81 bits per heavy atom. The van der Waals surface area contributed by atoms with Crippen LogP contribution in [-0.2, 0) is 46.4 Å². The summed E-state index contributed by atoms with van der Waals surface area (Å²) in [6.07, 6.45) is -0.307. The number of alkyl halides is 3. The minimum Gasteiger partial charge on any atom is -0.493 e. The molecule has 1 fully saturated rings. The number of hydrogen-bond acceptors (Lipinski definition) is 10. The monoisotopic (exact) mass is 921 g/mol. The molecular weight excluding hydrogens is 866 g/mol.